The van der Waals surface area contributed by atoms with Gasteiger partial charge in [0.05, 0.1) is 13.5 Å². The molecule has 0 saturated heterocycles. The smallest absolute Gasteiger partial charge is 0.210 e. The van der Waals surface area contributed by atoms with Crippen LogP contribution in [0.4, 0.5) is 0 Å². The molecule has 0 spiro atoms. The normalized spacial score (nSPS) is 10.3. The Hall–Kier alpha value is -2.69. The van der Waals surface area contributed by atoms with E-state index in [-0.39, 0.29) is 18.7 Å². The van der Waals surface area contributed by atoms with Gasteiger partial charge < -0.3 is 4.74 Å². The van der Waals surface area contributed by atoms with Crippen molar-refractivity contribution >= 4 is 5.78 Å². The maximum atomic E-state index is 10.0. The number of rotatable bonds is 5. The van der Waals surface area contributed by atoms with Gasteiger partial charge in [-0.05, 0) is 24.1 Å². The lowest BCUT2D eigenvalue weighted by atomic mass is 10.1. The number of methoxy groups -OCH3 is 1. The number of nitro groups is 1. The molecule has 114 valence electrons. The first-order chi connectivity index (χ1) is 10.5. The Labute approximate surface area is 128 Å². The molecule has 0 aliphatic heterocycles. The van der Waals surface area contributed by atoms with Gasteiger partial charge in [0.15, 0.2) is 0 Å². The van der Waals surface area contributed by atoms with Gasteiger partial charge in [-0.25, -0.2) is 0 Å². The quantitative estimate of drug-likeness (QED) is 0.533. The summed E-state index contributed by atoms with van der Waals surface area (Å²) in [4.78, 5) is 19.1. The molecule has 5 nitrogen and oxygen atoms in total. The van der Waals surface area contributed by atoms with Crippen LogP contribution in [0.15, 0.2) is 42.5 Å². The number of carbonyl (C=O) groups excluding carboxylic acids is 1. The van der Waals surface area contributed by atoms with Crippen molar-refractivity contribution in [2.75, 3.05) is 13.7 Å². The SMILES string of the molecule is CC(=O)CC[N+](=O)[O-].COc1ccccc1-c1c2cccc1-2. The highest BCUT2D eigenvalue weighted by atomic mass is 16.6. The van der Waals surface area contributed by atoms with Crippen molar-refractivity contribution in [3.05, 3.63) is 52.6 Å². The molecule has 0 aromatic heterocycles. The van der Waals surface area contributed by atoms with Gasteiger partial charge >= 0.3 is 0 Å². The fourth-order valence-corrected chi connectivity index (χ4v) is 2.19. The van der Waals surface area contributed by atoms with Crippen molar-refractivity contribution in [2.24, 2.45) is 0 Å². The summed E-state index contributed by atoms with van der Waals surface area (Å²) < 4.78 is 5.33. The van der Waals surface area contributed by atoms with E-state index in [2.05, 4.69) is 24.3 Å². The van der Waals surface area contributed by atoms with Crippen molar-refractivity contribution in [1.82, 2.24) is 0 Å². The van der Waals surface area contributed by atoms with E-state index in [4.69, 9.17) is 4.74 Å². The van der Waals surface area contributed by atoms with Crippen molar-refractivity contribution in [1.29, 1.82) is 0 Å². The average molecular weight is 299 g/mol. The molecule has 3 rings (SSSR count). The maximum absolute atomic E-state index is 10.0. The van der Waals surface area contributed by atoms with Gasteiger partial charge in [-0.1, -0.05) is 36.4 Å². The fourth-order valence-electron chi connectivity index (χ4n) is 2.19. The Morgan fingerprint density at radius 2 is 1.68 bits per heavy atom. The molecule has 0 saturated carbocycles. The van der Waals surface area contributed by atoms with Gasteiger partial charge in [0.1, 0.15) is 11.5 Å². The average Bonchev–Trinajstić information content (AvgIpc) is 2.97. The van der Waals surface area contributed by atoms with E-state index in [1.165, 1.54) is 29.2 Å². The standard InChI is InChI=1S/C13H10O.C4H7NO3/c1-14-12-8-3-2-5-11(12)13-9-6-4-7-10(9)13;1-4(6)2-3-5(7)8/h2-8H,1H3;2-3H2,1H3. The van der Waals surface area contributed by atoms with Crippen molar-refractivity contribution in [3.8, 4) is 28.0 Å². The topological polar surface area (TPSA) is 69.4 Å². The minimum absolute atomic E-state index is 0.0486. The van der Waals surface area contributed by atoms with Crippen LogP contribution in [0.1, 0.15) is 13.3 Å². The molecule has 0 bridgehead atoms. The zero-order valence-electron chi connectivity index (χ0n) is 12.5. The third-order valence-corrected chi connectivity index (χ3v) is 3.31. The van der Waals surface area contributed by atoms with Crippen LogP contribution in [0.5, 0.6) is 5.75 Å². The molecule has 2 aliphatic carbocycles. The van der Waals surface area contributed by atoms with Crippen LogP contribution in [-0.4, -0.2) is 24.4 Å². The van der Waals surface area contributed by atoms with E-state index in [0.717, 1.165) is 5.75 Å². The second kappa shape index (κ2) is 6.85. The monoisotopic (exact) mass is 299 g/mol. The Morgan fingerprint density at radius 1 is 1.09 bits per heavy atom. The molecule has 0 radical (unpaired) electrons. The first-order valence-electron chi connectivity index (χ1n) is 6.92. The van der Waals surface area contributed by atoms with Crippen LogP contribution < -0.4 is 4.74 Å². The van der Waals surface area contributed by atoms with Gasteiger partial charge in [0.25, 0.3) is 0 Å². The third-order valence-electron chi connectivity index (χ3n) is 3.31. The molecule has 22 heavy (non-hydrogen) atoms. The Morgan fingerprint density at radius 3 is 2.18 bits per heavy atom. The summed E-state index contributed by atoms with van der Waals surface area (Å²) in [6, 6.07) is 14.5. The number of ether oxygens (including phenoxy) is 1. The zero-order valence-corrected chi connectivity index (χ0v) is 12.5. The van der Waals surface area contributed by atoms with Crippen LogP contribution in [0.3, 0.4) is 0 Å². The minimum atomic E-state index is -0.499. The molecule has 2 aliphatic rings. The minimum Gasteiger partial charge on any atom is -0.496 e. The van der Waals surface area contributed by atoms with Crippen molar-refractivity contribution < 1.29 is 14.5 Å². The summed E-state index contributed by atoms with van der Waals surface area (Å²) in [6.45, 7) is 1.10. The summed E-state index contributed by atoms with van der Waals surface area (Å²) >= 11 is 0. The zero-order chi connectivity index (χ0) is 16.1. The van der Waals surface area contributed by atoms with Gasteiger partial charge in [0, 0.05) is 16.1 Å². The molecular formula is C17H17NO4. The van der Waals surface area contributed by atoms with Gasteiger partial charge in [-0.15, -0.1) is 0 Å². The van der Waals surface area contributed by atoms with E-state index in [9.17, 15) is 14.9 Å². The number of hydrogen-bond donors (Lipinski definition) is 0. The first kappa shape index (κ1) is 15.7. The fraction of sp³-hybridized carbons (Fsp3) is 0.235. The van der Waals surface area contributed by atoms with E-state index >= 15 is 0 Å². The summed E-state index contributed by atoms with van der Waals surface area (Å²) in [6.07, 6.45) is 0.0486. The molecule has 0 N–H and O–H groups in total. The van der Waals surface area contributed by atoms with E-state index in [1.807, 2.05) is 18.2 Å². The van der Waals surface area contributed by atoms with Crippen molar-refractivity contribution in [3.63, 3.8) is 0 Å². The van der Waals surface area contributed by atoms with Crippen molar-refractivity contribution in [2.45, 2.75) is 13.3 Å². The molecule has 0 amide bonds. The molecule has 1 aromatic rings. The number of hydrogen-bond acceptors (Lipinski definition) is 4. The number of para-hydroxylation sites is 1. The molecule has 1 aromatic carbocycles. The van der Waals surface area contributed by atoms with Crippen LogP contribution in [0.2, 0.25) is 0 Å². The predicted octanol–water partition coefficient (Wildman–Crippen LogP) is 3.58. The lowest BCUT2D eigenvalue weighted by Crippen LogP contribution is -2.04. The van der Waals surface area contributed by atoms with Crippen LogP contribution in [0, 0.1) is 10.1 Å². The van der Waals surface area contributed by atoms with Crippen LogP contribution in [-0.2, 0) is 4.79 Å². The summed E-state index contributed by atoms with van der Waals surface area (Å²) in [5.74, 6) is 0.820. The highest BCUT2D eigenvalue weighted by Crippen LogP contribution is 2.53. The first-order valence-corrected chi connectivity index (χ1v) is 6.92. The number of carbonyl (C=O) groups is 1. The van der Waals surface area contributed by atoms with E-state index in [0.29, 0.717) is 0 Å². The largest absolute Gasteiger partial charge is 0.496 e. The second-order valence-corrected chi connectivity index (χ2v) is 4.94. The Kier molecular flexibility index (Phi) is 4.88. The highest BCUT2D eigenvalue weighted by Gasteiger charge is 2.26. The summed E-state index contributed by atoms with van der Waals surface area (Å²) in [5, 5.41) is 9.56. The molecular weight excluding hydrogens is 282 g/mol. The molecule has 0 heterocycles. The number of nitrogens with zero attached hydrogens (tertiary/aromatic N) is 1. The molecule has 0 fully saturated rings. The summed E-state index contributed by atoms with van der Waals surface area (Å²) in [5.41, 5.74) is 5.30. The lowest BCUT2D eigenvalue weighted by molar-refractivity contribution is -0.478. The molecule has 5 heteroatoms. The summed E-state index contributed by atoms with van der Waals surface area (Å²) in [7, 11) is 1.71. The van der Waals surface area contributed by atoms with E-state index in [1.54, 1.807) is 7.11 Å². The van der Waals surface area contributed by atoms with Gasteiger partial charge in [0.2, 0.25) is 6.54 Å². The van der Waals surface area contributed by atoms with Gasteiger partial charge in [-0.2, -0.15) is 0 Å². The lowest BCUT2D eigenvalue weighted by Gasteiger charge is -2.02. The van der Waals surface area contributed by atoms with Gasteiger partial charge in [-0.3, -0.25) is 14.9 Å². The third kappa shape index (κ3) is 3.69. The number of Topliss-reactive ketones (excluding diaryl/α,β-unsaturated/α-hetero) is 1. The Balaban J connectivity index is 0.000000192. The van der Waals surface area contributed by atoms with Crippen LogP contribution in [0.25, 0.3) is 22.3 Å². The second-order valence-electron chi connectivity index (χ2n) is 4.94. The predicted molar refractivity (Wildman–Crippen MR) is 84.6 cm³/mol. The number of fused-ring (bicyclic) bond motifs is 1. The highest BCUT2D eigenvalue weighted by molar-refractivity contribution is 6.08. The number of benzene rings is 2. The molecule has 0 atom stereocenters. The number of ketones is 1. The Bertz CT molecular complexity index is 675. The van der Waals surface area contributed by atoms with Crippen LogP contribution >= 0.6 is 0 Å². The maximum Gasteiger partial charge on any atom is 0.210 e. The van der Waals surface area contributed by atoms with E-state index < -0.39 is 4.92 Å². The molecule has 0 unspecified atom stereocenters.